The van der Waals surface area contributed by atoms with Crippen LogP contribution in [0.2, 0.25) is 0 Å². The molecular weight excluding hydrogens is 322 g/mol. The Hall–Kier alpha value is -2.55. The van der Waals surface area contributed by atoms with Crippen molar-refractivity contribution >= 4 is 32.9 Å². The number of hydrogen-bond donors (Lipinski definition) is 0. The number of nitriles is 1. The highest BCUT2D eigenvalue weighted by Gasteiger charge is 2.09. The van der Waals surface area contributed by atoms with Crippen molar-refractivity contribution in [1.82, 2.24) is 9.97 Å². The minimum absolute atomic E-state index is 0.665. The molecule has 0 amide bonds. The molecule has 2 aromatic heterocycles. The first-order valence-corrected chi connectivity index (χ1v) is 8.81. The Labute approximate surface area is 141 Å². The largest absolute Gasteiger partial charge is 0.241 e. The van der Waals surface area contributed by atoms with Gasteiger partial charge in [-0.2, -0.15) is 5.26 Å². The van der Waals surface area contributed by atoms with E-state index in [0.717, 1.165) is 33.2 Å². The lowest BCUT2D eigenvalue weighted by Gasteiger charge is -1.96. The molecule has 3 nitrogen and oxygen atoms in total. The Kier molecular flexibility index (Phi) is 3.62. The fraction of sp³-hybridized carbons (Fsp3) is 0.0556. The molecule has 5 heteroatoms. The predicted octanol–water partition coefficient (Wildman–Crippen LogP) is 4.88. The van der Waals surface area contributed by atoms with Crippen LogP contribution in [0.1, 0.15) is 15.6 Å². The maximum atomic E-state index is 8.86. The summed E-state index contributed by atoms with van der Waals surface area (Å²) in [7, 11) is 0. The molecule has 0 atom stereocenters. The zero-order valence-corrected chi connectivity index (χ0v) is 13.7. The van der Waals surface area contributed by atoms with Crippen molar-refractivity contribution in [2.75, 3.05) is 0 Å². The molecule has 4 aromatic rings. The van der Waals surface area contributed by atoms with Gasteiger partial charge in [-0.05, 0) is 24.3 Å². The second-order valence-corrected chi connectivity index (χ2v) is 7.13. The van der Waals surface area contributed by atoms with Gasteiger partial charge in [-0.3, -0.25) is 0 Å². The smallest absolute Gasteiger partial charge is 0.101 e. The van der Waals surface area contributed by atoms with Crippen LogP contribution in [0.5, 0.6) is 0 Å². The van der Waals surface area contributed by atoms with Crippen LogP contribution >= 0.6 is 22.7 Å². The summed E-state index contributed by atoms with van der Waals surface area (Å²) in [6.07, 6.45) is 0.764. The monoisotopic (exact) mass is 333 g/mol. The van der Waals surface area contributed by atoms with E-state index in [1.165, 1.54) is 4.70 Å². The molecule has 0 aliphatic rings. The average molecular weight is 333 g/mol. The number of benzene rings is 2. The number of rotatable bonds is 3. The van der Waals surface area contributed by atoms with Crippen molar-refractivity contribution in [2.24, 2.45) is 0 Å². The van der Waals surface area contributed by atoms with E-state index in [1.54, 1.807) is 22.7 Å². The van der Waals surface area contributed by atoms with Crippen LogP contribution in [0, 0.1) is 11.3 Å². The van der Waals surface area contributed by atoms with Crippen LogP contribution in [0.4, 0.5) is 0 Å². The van der Waals surface area contributed by atoms with Crippen LogP contribution in [0.15, 0.2) is 53.9 Å². The molecular formula is C18H11N3S2. The van der Waals surface area contributed by atoms with Crippen molar-refractivity contribution in [1.29, 1.82) is 5.26 Å². The van der Waals surface area contributed by atoms with Gasteiger partial charge in [-0.1, -0.05) is 24.3 Å². The van der Waals surface area contributed by atoms with E-state index in [1.807, 2.05) is 42.5 Å². The fourth-order valence-corrected chi connectivity index (χ4v) is 4.24. The van der Waals surface area contributed by atoms with Gasteiger partial charge in [-0.15, -0.1) is 22.7 Å². The normalized spacial score (nSPS) is 10.7. The molecule has 0 aliphatic carbocycles. The first kappa shape index (κ1) is 14.1. The van der Waals surface area contributed by atoms with E-state index in [0.29, 0.717) is 5.56 Å². The summed E-state index contributed by atoms with van der Waals surface area (Å²) < 4.78 is 1.21. The fourth-order valence-electron chi connectivity index (χ4n) is 2.37. The molecule has 0 radical (unpaired) electrons. The van der Waals surface area contributed by atoms with E-state index in [2.05, 4.69) is 22.5 Å². The standard InChI is InChI=1S/C18H11N3S2/c19-10-12-5-7-13(8-6-12)15-11-22-17(21-15)9-18-20-14-3-1-2-4-16(14)23-18/h1-8,11H,9H2. The third kappa shape index (κ3) is 2.87. The second kappa shape index (κ2) is 5.92. The molecule has 23 heavy (non-hydrogen) atoms. The molecule has 0 saturated heterocycles. The minimum atomic E-state index is 0.665. The van der Waals surface area contributed by atoms with E-state index >= 15 is 0 Å². The average Bonchev–Trinajstić information content (AvgIpc) is 3.21. The predicted molar refractivity (Wildman–Crippen MR) is 94.7 cm³/mol. The Morgan fingerprint density at radius 3 is 2.57 bits per heavy atom. The molecule has 0 N–H and O–H groups in total. The summed E-state index contributed by atoms with van der Waals surface area (Å²) in [4.78, 5) is 9.37. The summed E-state index contributed by atoms with van der Waals surface area (Å²) >= 11 is 3.37. The number of nitrogens with zero attached hydrogens (tertiary/aromatic N) is 3. The highest BCUT2D eigenvalue weighted by Crippen LogP contribution is 2.27. The number of hydrogen-bond acceptors (Lipinski definition) is 5. The van der Waals surface area contributed by atoms with Gasteiger partial charge in [0.2, 0.25) is 0 Å². The molecule has 0 unspecified atom stereocenters. The third-order valence-corrected chi connectivity index (χ3v) is 5.39. The van der Waals surface area contributed by atoms with Crippen molar-refractivity contribution in [3.05, 3.63) is 69.5 Å². The van der Waals surface area contributed by atoms with Gasteiger partial charge in [0.25, 0.3) is 0 Å². The van der Waals surface area contributed by atoms with Crippen LogP contribution in [-0.2, 0) is 6.42 Å². The molecule has 0 fully saturated rings. The molecule has 0 bridgehead atoms. The number of para-hydroxylation sites is 1. The summed E-state index contributed by atoms with van der Waals surface area (Å²) in [6.45, 7) is 0. The lowest BCUT2D eigenvalue weighted by Crippen LogP contribution is -1.86. The van der Waals surface area contributed by atoms with Gasteiger partial charge in [-0.25, -0.2) is 9.97 Å². The molecule has 0 aliphatic heterocycles. The summed E-state index contributed by atoms with van der Waals surface area (Å²) in [5.41, 5.74) is 3.71. The zero-order valence-electron chi connectivity index (χ0n) is 12.1. The Morgan fingerprint density at radius 2 is 1.78 bits per heavy atom. The molecule has 110 valence electrons. The highest BCUT2D eigenvalue weighted by molar-refractivity contribution is 7.18. The first-order valence-electron chi connectivity index (χ1n) is 7.11. The highest BCUT2D eigenvalue weighted by atomic mass is 32.1. The van der Waals surface area contributed by atoms with Crippen molar-refractivity contribution in [3.63, 3.8) is 0 Å². The van der Waals surface area contributed by atoms with E-state index in [9.17, 15) is 0 Å². The van der Waals surface area contributed by atoms with Crippen molar-refractivity contribution < 1.29 is 0 Å². The van der Waals surface area contributed by atoms with Crippen LogP contribution < -0.4 is 0 Å². The van der Waals surface area contributed by atoms with Crippen LogP contribution in [0.3, 0.4) is 0 Å². The van der Waals surface area contributed by atoms with Gasteiger partial charge < -0.3 is 0 Å². The first-order chi connectivity index (χ1) is 11.3. The van der Waals surface area contributed by atoms with Gasteiger partial charge in [0.1, 0.15) is 10.0 Å². The van der Waals surface area contributed by atoms with Crippen LogP contribution in [-0.4, -0.2) is 9.97 Å². The molecule has 2 heterocycles. The van der Waals surface area contributed by atoms with Crippen LogP contribution in [0.25, 0.3) is 21.5 Å². The van der Waals surface area contributed by atoms with Crippen molar-refractivity contribution in [3.8, 4) is 17.3 Å². The molecule has 4 rings (SSSR count). The molecule has 0 saturated carbocycles. The number of aromatic nitrogens is 2. The Balaban J connectivity index is 1.58. The Bertz CT molecular complexity index is 974. The minimum Gasteiger partial charge on any atom is -0.241 e. The summed E-state index contributed by atoms with van der Waals surface area (Å²) in [6, 6.07) is 17.8. The lowest BCUT2D eigenvalue weighted by atomic mass is 10.1. The molecule has 2 aromatic carbocycles. The maximum absolute atomic E-state index is 8.86. The lowest BCUT2D eigenvalue weighted by molar-refractivity contribution is 1.12. The van der Waals surface area contributed by atoms with E-state index in [4.69, 9.17) is 10.2 Å². The van der Waals surface area contributed by atoms with E-state index < -0.39 is 0 Å². The van der Waals surface area contributed by atoms with Gasteiger partial charge in [0.05, 0.1) is 34.0 Å². The topological polar surface area (TPSA) is 49.6 Å². The quantitative estimate of drug-likeness (QED) is 0.537. The molecule has 0 spiro atoms. The summed E-state index contributed by atoms with van der Waals surface area (Å²) in [5.74, 6) is 0. The van der Waals surface area contributed by atoms with Crippen molar-refractivity contribution in [2.45, 2.75) is 6.42 Å². The van der Waals surface area contributed by atoms with E-state index in [-0.39, 0.29) is 0 Å². The number of fused-ring (bicyclic) bond motifs is 1. The van der Waals surface area contributed by atoms with Gasteiger partial charge in [0, 0.05) is 10.9 Å². The SMILES string of the molecule is N#Cc1ccc(-c2csc(Cc3nc4ccccc4s3)n2)cc1. The summed E-state index contributed by atoms with van der Waals surface area (Å²) in [5, 5.41) is 13.1. The second-order valence-electron chi connectivity index (χ2n) is 5.07. The van der Waals surface area contributed by atoms with Gasteiger partial charge >= 0.3 is 0 Å². The Morgan fingerprint density at radius 1 is 0.957 bits per heavy atom. The third-order valence-electron chi connectivity index (χ3n) is 3.50. The van der Waals surface area contributed by atoms with Gasteiger partial charge in [0.15, 0.2) is 0 Å². The number of thiazole rings is 2. The zero-order chi connectivity index (χ0) is 15.6. The maximum Gasteiger partial charge on any atom is 0.101 e.